The lowest BCUT2D eigenvalue weighted by Crippen LogP contribution is -2.37. The SMILES string of the molecule is CC(C)NC(=O)CCCC(=O)NCCNC1CCCCCC1. The Bertz CT molecular complexity index is 324. The summed E-state index contributed by atoms with van der Waals surface area (Å²) in [4.78, 5) is 23.1. The van der Waals surface area contributed by atoms with E-state index in [-0.39, 0.29) is 17.9 Å². The van der Waals surface area contributed by atoms with Crippen LogP contribution in [-0.2, 0) is 9.59 Å². The molecule has 5 heteroatoms. The van der Waals surface area contributed by atoms with E-state index in [4.69, 9.17) is 0 Å². The first-order chi connectivity index (χ1) is 10.6. The van der Waals surface area contributed by atoms with Gasteiger partial charge in [-0.2, -0.15) is 0 Å². The molecule has 0 heterocycles. The smallest absolute Gasteiger partial charge is 0.220 e. The maximum atomic E-state index is 11.7. The predicted octanol–water partition coefficient (Wildman–Crippen LogP) is 2.11. The number of amides is 2. The summed E-state index contributed by atoms with van der Waals surface area (Å²) in [5, 5.41) is 9.28. The molecule has 1 aliphatic carbocycles. The van der Waals surface area contributed by atoms with E-state index in [0.29, 0.717) is 31.8 Å². The Balaban J connectivity index is 1.97. The molecule has 22 heavy (non-hydrogen) atoms. The fraction of sp³-hybridized carbons (Fsp3) is 0.882. The van der Waals surface area contributed by atoms with Crippen LogP contribution in [0.1, 0.15) is 71.6 Å². The van der Waals surface area contributed by atoms with Gasteiger partial charge in [0.2, 0.25) is 11.8 Å². The first kappa shape index (κ1) is 18.9. The van der Waals surface area contributed by atoms with Crippen molar-refractivity contribution in [3.63, 3.8) is 0 Å². The zero-order valence-electron chi connectivity index (χ0n) is 14.2. The van der Waals surface area contributed by atoms with E-state index in [0.717, 1.165) is 6.54 Å². The van der Waals surface area contributed by atoms with Gasteiger partial charge in [0.25, 0.3) is 0 Å². The molecule has 0 aliphatic heterocycles. The van der Waals surface area contributed by atoms with Crippen LogP contribution < -0.4 is 16.0 Å². The Morgan fingerprint density at radius 2 is 1.59 bits per heavy atom. The molecule has 2 amide bonds. The van der Waals surface area contributed by atoms with Crippen molar-refractivity contribution in [2.24, 2.45) is 0 Å². The van der Waals surface area contributed by atoms with Gasteiger partial charge in [-0.05, 0) is 33.1 Å². The topological polar surface area (TPSA) is 70.2 Å². The summed E-state index contributed by atoms with van der Waals surface area (Å²) in [6.07, 6.45) is 9.35. The molecular formula is C17H33N3O2. The van der Waals surface area contributed by atoms with Gasteiger partial charge in [0, 0.05) is 38.0 Å². The fourth-order valence-electron chi connectivity index (χ4n) is 2.85. The molecule has 0 radical (unpaired) electrons. The number of rotatable bonds is 9. The predicted molar refractivity (Wildman–Crippen MR) is 89.6 cm³/mol. The van der Waals surface area contributed by atoms with Gasteiger partial charge in [0.1, 0.15) is 0 Å². The van der Waals surface area contributed by atoms with Gasteiger partial charge in [-0.3, -0.25) is 9.59 Å². The second-order valence-corrected chi connectivity index (χ2v) is 6.57. The first-order valence-corrected chi connectivity index (χ1v) is 8.87. The third-order valence-corrected chi connectivity index (χ3v) is 3.99. The van der Waals surface area contributed by atoms with Gasteiger partial charge in [-0.25, -0.2) is 0 Å². The van der Waals surface area contributed by atoms with Crippen molar-refractivity contribution in [3.05, 3.63) is 0 Å². The third kappa shape index (κ3) is 9.77. The summed E-state index contributed by atoms with van der Waals surface area (Å²) in [5.41, 5.74) is 0. The van der Waals surface area contributed by atoms with Crippen molar-refractivity contribution in [2.45, 2.75) is 83.7 Å². The maximum absolute atomic E-state index is 11.7. The largest absolute Gasteiger partial charge is 0.355 e. The summed E-state index contributed by atoms with van der Waals surface area (Å²) in [6, 6.07) is 0.788. The van der Waals surface area contributed by atoms with Crippen molar-refractivity contribution in [2.75, 3.05) is 13.1 Å². The molecule has 0 atom stereocenters. The van der Waals surface area contributed by atoms with Crippen LogP contribution in [0, 0.1) is 0 Å². The summed E-state index contributed by atoms with van der Waals surface area (Å²) in [7, 11) is 0. The first-order valence-electron chi connectivity index (χ1n) is 8.87. The number of hydrogen-bond acceptors (Lipinski definition) is 3. The van der Waals surface area contributed by atoms with Gasteiger partial charge in [-0.15, -0.1) is 0 Å². The highest BCUT2D eigenvalue weighted by Gasteiger charge is 2.11. The van der Waals surface area contributed by atoms with Crippen molar-refractivity contribution >= 4 is 11.8 Å². The molecule has 128 valence electrons. The highest BCUT2D eigenvalue weighted by Crippen LogP contribution is 2.16. The van der Waals surface area contributed by atoms with Crippen LogP contribution in [0.4, 0.5) is 0 Å². The van der Waals surface area contributed by atoms with Gasteiger partial charge in [0.05, 0.1) is 0 Å². The standard InChI is InChI=1S/C17H33N3O2/c1-14(2)20-17(22)11-7-10-16(21)19-13-12-18-15-8-5-3-4-6-9-15/h14-15,18H,3-13H2,1-2H3,(H,19,21)(H,20,22). The van der Waals surface area contributed by atoms with E-state index >= 15 is 0 Å². The summed E-state index contributed by atoms with van der Waals surface area (Å²) in [6.45, 7) is 5.38. The number of nitrogens with one attached hydrogen (secondary N) is 3. The molecule has 0 spiro atoms. The van der Waals surface area contributed by atoms with Crippen molar-refractivity contribution in [3.8, 4) is 0 Å². The van der Waals surface area contributed by atoms with E-state index in [1.165, 1.54) is 38.5 Å². The Morgan fingerprint density at radius 3 is 2.23 bits per heavy atom. The fourth-order valence-corrected chi connectivity index (χ4v) is 2.85. The number of hydrogen-bond donors (Lipinski definition) is 3. The van der Waals surface area contributed by atoms with Crippen molar-refractivity contribution in [1.82, 2.24) is 16.0 Å². The summed E-state index contributed by atoms with van der Waals surface area (Å²) < 4.78 is 0. The molecular weight excluding hydrogens is 278 g/mol. The van der Waals surface area contributed by atoms with Crippen LogP contribution in [0.3, 0.4) is 0 Å². The third-order valence-electron chi connectivity index (χ3n) is 3.99. The molecule has 1 aliphatic rings. The maximum Gasteiger partial charge on any atom is 0.220 e. The van der Waals surface area contributed by atoms with Crippen LogP contribution in [0.5, 0.6) is 0 Å². The minimum atomic E-state index is 0.0258. The van der Waals surface area contributed by atoms with Gasteiger partial charge in [0.15, 0.2) is 0 Å². The molecule has 1 fully saturated rings. The van der Waals surface area contributed by atoms with Crippen molar-refractivity contribution < 1.29 is 9.59 Å². The van der Waals surface area contributed by atoms with Crippen molar-refractivity contribution in [1.29, 1.82) is 0 Å². The Hall–Kier alpha value is -1.10. The minimum absolute atomic E-state index is 0.0258. The summed E-state index contributed by atoms with van der Waals surface area (Å²) in [5.74, 6) is 0.0674. The highest BCUT2D eigenvalue weighted by atomic mass is 16.2. The molecule has 0 saturated heterocycles. The molecule has 1 saturated carbocycles. The number of carbonyl (C=O) groups excluding carboxylic acids is 2. The average Bonchev–Trinajstić information content (AvgIpc) is 2.71. The second-order valence-electron chi connectivity index (χ2n) is 6.57. The van der Waals surface area contributed by atoms with E-state index in [1.54, 1.807) is 0 Å². The van der Waals surface area contributed by atoms with Crippen LogP contribution in [0.15, 0.2) is 0 Å². The van der Waals surface area contributed by atoms with E-state index in [9.17, 15) is 9.59 Å². The number of carbonyl (C=O) groups is 2. The second kappa shape index (κ2) is 11.5. The van der Waals surface area contributed by atoms with Gasteiger partial charge >= 0.3 is 0 Å². The molecule has 0 aromatic rings. The van der Waals surface area contributed by atoms with E-state index < -0.39 is 0 Å². The molecule has 3 N–H and O–H groups in total. The van der Waals surface area contributed by atoms with E-state index in [2.05, 4.69) is 16.0 Å². The Kier molecular flexibility index (Phi) is 9.87. The lowest BCUT2D eigenvalue weighted by atomic mass is 10.1. The van der Waals surface area contributed by atoms with Crippen LogP contribution in [0.2, 0.25) is 0 Å². The lowest BCUT2D eigenvalue weighted by Gasteiger charge is -2.16. The van der Waals surface area contributed by atoms with Crippen LogP contribution >= 0.6 is 0 Å². The molecule has 0 unspecified atom stereocenters. The average molecular weight is 311 g/mol. The lowest BCUT2D eigenvalue weighted by molar-refractivity contribution is -0.122. The Morgan fingerprint density at radius 1 is 0.955 bits per heavy atom. The molecule has 0 bridgehead atoms. The monoisotopic (exact) mass is 311 g/mol. The zero-order valence-corrected chi connectivity index (χ0v) is 14.2. The van der Waals surface area contributed by atoms with Gasteiger partial charge in [-0.1, -0.05) is 25.7 Å². The molecule has 0 aromatic carbocycles. The van der Waals surface area contributed by atoms with E-state index in [1.807, 2.05) is 13.8 Å². The normalized spacial score (nSPS) is 16.3. The Labute approximate surface area is 135 Å². The molecule has 0 aromatic heterocycles. The highest BCUT2D eigenvalue weighted by molar-refractivity contribution is 5.78. The van der Waals surface area contributed by atoms with Gasteiger partial charge < -0.3 is 16.0 Å². The zero-order chi connectivity index (χ0) is 16.2. The van der Waals surface area contributed by atoms with Crippen LogP contribution in [-0.4, -0.2) is 37.0 Å². The minimum Gasteiger partial charge on any atom is -0.355 e. The molecule has 5 nitrogen and oxygen atoms in total. The molecule has 1 rings (SSSR count). The summed E-state index contributed by atoms with van der Waals surface area (Å²) >= 11 is 0. The van der Waals surface area contributed by atoms with Crippen LogP contribution in [0.25, 0.3) is 0 Å². The quantitative estimate of drug-likeness (QED) is 0.451.